The molecule has 1 N–H and O–H groups in total. The van der Waals surface area contributed by atoms with Crippen LogP contribution in [0.5, 0.6) is 0 Å². The van der Waals surface area contributed by atoms with Crippen molar-refractivity contribution in [1.82, 2.24) is 5.32 Å². The minimum absolute atomic E-state index is 0.0624. The number of carbonyl (C=O) groups is 3. The molecule has 0 spiro atoms. The summed E-state index contributed by atoms with van der Waals surface area (Å²) < 4.78 is 0. The van der Waals surface area contributed by atoms with E-state index in [0.717, 1.165) is 12.8 Å². The Bertz CT molecular complexity index is 415. The second kappa shape index (κ2) is 8.44. The number of ketones is 2. The average Bonchev–Trinajstić information content (AvgIpc) is 2.44. The third-order valence-electron chi connectivity index (χ3n) is 4.69. The van der Waals surface area contributed by atoms with Crippen LogP contribution in [-0.4, -0.2) is 23.5 Å². The zero-order valence-electron chi connectivity index (χ0n) is 15.3. The van der Waals surface area contributed by atoms with Crippen LogP contribution in [0.25, 0.3) is 0 Å². The first-order valence-electron chi connectivity index (χ1n) is 8.34. The van der Waals surface area contributed by atoms with Crippen LogP contribution in [0.4, 0.5) is 0 Å². The lowest BCUT2D eigenvalue weighted by molar-refractivity contribution is -0.136. The summed E-state index contributed by atoms with van der Waals surface area (Å²) in [6, 6.07) is -0.689. The Hall–Kier alpha value is -1.19. The minimum atomic E-state index is -0.689. The number of Topliss-reactive ketones (excluding diaryl/α,β-unsaturated/α-hetero) is 2. The molecule has 4 heteroatoms. The molecule has 128 valence electrons. The third kappa shape index (κ3) is 6.29. The molecule has 0 aliphatic carbocycles. The van der Waals surface area contributed by atoms with E-state index in [-0.39, 0.29) is 29.3 Å². The van der Waals surface area contributed by atoms with Gasteiger partial charge in [0.25, 0.3) is 0 Å². The van der Waals surface area contributed by atoms with Gasteiger partial charge in [0, 0.05) is 18.3 Å². The van der Waals surface area contributed by atoms with Crippen LogP contribution in [0, 0.1) is 10.8 Å². The van der Waals surface area contributed by atoms with E-state index in [4.69, 9.17) is 0 Å². The molecule has 0 saturated heterocycles. The van der Waals surface area contributed by atoms with Gasteiger partial charge in [-0.2, -0.15) is 0 Å². The molecule has 0 aliphatic rings. The van der Waals surface area contributed by atoms with Gasteiger partial charge in [0.05, 0.1) is 6.04 Å². The van der Waals surface area contributed by atoms with Crippen LogP contribution in [-0.2, 0) is 14.4 Å². The van der Waals surface area contributed by atoms with Gasteiger partial charge in [-0.25, -0.2) is 0 Å². The van der Waals surface area contributed by atoms with Crippen molar-refractivity contribution < 1.29 is 14.4 Å². The molecular formula is C18H33NO3. The maximum Gasteiger partial charge on any atom is 0.226 e. The van der Waals surface area contributed by atoms with Gasteiger partial charge >= 0.3 is 0 Å². The summed E-state index contributed by atoms with van der Waals surface area (Å²) in [4.78, 5) is 36.0. The second-order valence-electron chi connectivity index (χ2n) is 7.36. The lowest BCUT2D eigenvalue weighted by Gasteiger charge is -2.36. The van der Waals surface area contributed by atoms with Crippen molar-refractivity contribution in [3.63, 3.8) is 0 Å². The summed E-state index contributed by atoms with van der Waals surface area (Å²) in [5, 5.41) is 2.83. The molecule has 0 fully saturated rings. The average molecular weight is 311 g/mol. The highest BCUT2D eigenvalue weighted by Gasteiger charge is 2.38. The minimum Gasteiger partial charge on any atom is -0.345 e. The highest BCUT2D eigenvalue weighted by Crippen LogP contribution is 2.38. The topological polar surface area (TPSA) is 63.2 Å². The Morgan fingerprint density at radius 1 is 1.00 bits per heavy atom. The molecule has 0 radical (unpaired) electrons. The van der Waals surface area contributed by atoms with E-state index in [9.17, 15) is 14.4 Å². The summed E-state index contributed by atoms with van der Waals surface area (Å²) in [6.07, 6.45) is 2.85. The van der Waals surface area contributed by atoms with E-state index in [1.54, 1.807) is 6.92 Å². The molecule has 0 aromatic rings. The first-order chi connectivity index (χ1) is 10.0. The number of hydrogen-bond donors (Lipinski definition) is 1. The Kier molecular flexibility index (Phi) is 7.99. The van der Waals surface area contributed by atoms with Gasteiger partial charge in [0.1, 0.15) is 5.78 Å². The van der Waals surface area contributed by atoms with Crippen LogP contribution in [0.15, 0.2) is 0 Å². The molecule has 22 heavy (non-hydrogen) atoms. The van der Waals surface area contributed by atoms with E-state index in [1.165, 1.54) is 6.92 Å². The first-order valence-corrected chi connectivity index (χ1v) is 8.34. The summed E-state index contributed by atoms with van der Waals surface area (Å²) in [5.41, 5.74) is -0.463. The molecule has 0 saturated carbocycles. The van der Waals surface area contributed by atoms with Gasteiger partial charge in [0.15, 0.2) is 5.78 Å². The molecule has 4 nitrogen and oxygen atoms in total. The molecular weight excluding hydrogens is 278 g/mol. The maximum atomic E-state index is 12.7. The molecule has 0 heterocycles. The summed E-state index contributed by atoms with van der Waals surface area (Å²) in [6.45, 7) is 13.6. The lowest BCUT2D eigenvalue weighted by atomic mass is 9.70. The van der Waals surface area contributed by atoms with Crippen molar-refractivity contribution in [3.8, 4) is 0 Å². The predicted octanol–water partition coefficient (Wildman–Crippen LogP) is 3.67. The fourth-order valence-electron chi connectivity index (χ4n) is 2.66. The van der Waals surface area contributed by atoms with Crippen molar-refractivity contribution in [2.24, 2.45) is 10.8 Å². The summed E-state index contributed by atoms with van der Waals surface area (Å²) >= 11 is 0. The van der Waals surface area contributed by atoms with Crippen molar-refractivity contribution in [3.05, 3.63) is 0 Å². The van der Waals surface area contributed by atoms with E-state index < -0.39 is 11.5 Å². The van der Waals surface area contributed by atoms with Crippen LogP contribution >= 0.6 is 0 Å². The van der Waals surface area contributed by atoms with E-state index in [1.807, 2.05) is 13.8 Å². The van der Waals surface area contributed by atoms with E-state index in [0.29, 0.717) is 12.8 Å². The van der Waals surface area contributed by atoms with Gasteiger partial charge in [-0.1, -0.05) is 48.0 Å². The van der Waals surface area contributed by atoms with Gasteiger partial charge < -0.3 is 5.32 Å². The second-order valence-corrected chi connectivity index (χ2v) is 7.36. The van der Waals surface area contributed by atoms with Gasteiger partial charge in [-0.05, 0) is 25.2 Å². The summed E-state index contributed by atoms with van der Waals surface area (Å²) in [5.74, 6) is -0.291. The Morgan fingerprint density at radius 2 is 1.55 bits per heavy atom. The molecule has 0 aliphatic heterocycles. The fourth-order valence-corrected chi connectivity index (χ4v) is 2.66. The molecule has 0 aromatic carbocycles. The summed E-state index contributed by atoms with van der Waals surface area (Å²) in [7, 11) is 0. The fraction of sp³-hybridized carbons (Fsp3) is 0.833. The number of amides is 1. The SMILES string of the molecule is CCC(=O)C(CC(C)=O)NC(=O)C(C)(CC)CC(C)(C)CC. The van der Waals surface area contributed by atoms with Crippen LogP contribution in [0.1, 0.15) is 80.6 Å². The Labute approximate surface area is 135 Å². The number of nitrogens with one attached hydrogen (secondary N) is 1. The molecule has 0 aromatic heterocycles. The molecule has 0 rings (SSSR count). The van der Waals surface area contributed by atoms with E-state index >= 15 is 0 Å². The highest BCUT2D eigenvalue weighted by molar-refractivity contribution is 5.94. The zero-order valence-corrected chi connectivity index (χ0v) is 15.3. The van der Waals surface area contributed by atoms with Crippen molar-refractivity contribution in [2.75, 3.05) is 0 Å². The van der Waals surface area contributed by atoms with Crippen LogP contribution in [0.2, 0.25) is 0 Å². The molecule has 1 amide bonds. The largest absolute Gasteiger partial charge is 0.345 e. The number of hydrogen-bond acceptors (Lipinski definition) is 3. The van der Waals surface area contributed by atoms with Gasteiger partial charge in [0.2, 0.25) is 5.91 Å². The van der Waals surface area contributed by atoms with Crippen LogP contribution < -0.4 is 5.32 Å². The maximum absolute atomic E-state index is 12.7. The molecule has 2 atom stereocenters. The smallest absolute Gasteiger partial charge is 0.226 e. The first kappa shape index (κ1) is 20.8. The standard InChI is InChI=1S/C18H33NO3/c1-8-15(21)14(11-13(4)20)19-16(22)18(7,10-3)12-17(5,6)9-2/h14H,8-12H2,1-7H3,(H,19,22). The van der Waals surface area contributed by atoms with Crippen molar-refractivity contribution >= 4 is 17.5 Å². The van der Waals surface area contributed by atoms with Crippen LogP contribution in [0.3, 0.4) is 0 Å². The van der Waals surface area contributed by atoms with Gasteiger partial charge in [-0.15, -0.1) is 0 Å². The molecule has 0 bridgehead atoms. The lowest BCUT2D eigenvalue weighted by Crippen LogP contribution is -2.49. The monoisotopic (exact) mass is 311 g/mol. The zero-order chi connectivity index (χ0) is 17.6. The van der Waals surface area contributed by atoms with Crippen molar-refractivity contribution in [1.29, 1.82) is 0 Å². The quantitative estimate of drug-likeness (QED) is 0.669. The Balaban J connectivity index is 5.15. The molecule has 2 unspecified atom stereocenters. The normalized spacial score (nSPS) is 15.8. The number of carbonyl (C=O) groups excluding carboxylic acids is 3. The predicted molar refractivity (Wildman–Crippen MR) is 89.6 cm³/mol. The van der Waals surface area contributed by atoms with Gasteiger partial charge in [-0.3, -0.25) is 14.4 Å². The third-order valence-corrected chi connectivity index (χ3v) is 4.69. The van der Waals surface area contributed by atoms with E-state index in [2.05, 4.69) is 26.1 Å². The number of rotatable bonds is 10. The Morgan fingerprint density at radius 3 is 1.91 bits per heavy atom. The van der Waals surface area contributed by atoms with Crippen molar-refractivity contribution in [2.45, 2.75) is 86.6 Å². The highest BCUT2D eigenvalue weighted by atomic mass is 16.2.